The van der Waals surface area contributed by atoms with Gasteiger partial charge in [0, 0.05) is 36.2 Å². The molecular weight excluding hydrogens is 300 g/mol. The number of methoxy groups -OCH3 is 1. The van der Waals surface area contributed by atoms with Crippen LogP contribution in [0.4, 0.5) is 0 Å². The number of benzene rings is 2. The minimum atomic E-state index is 0.184. The highest BCUT2D eigenvalue weighted by Gasteiger charge is 2.24. The smallest absolute Gasteiger partial charge is 0.227 e. The fourth-order valence-electron chi connectivity index (χ4n) is 3.48. The number of rotatable bonds is 3. The van der Waals surface area contributed by atoms with Gasteiger partial charge in [0.25, 0.3) is 0 Å². The monoisotopic (exact) mass is 320 g/mol. The van der Waals surface area contributed by atoms with Crippen molar-refractivity contribution in [3.63, 3.8) is 0 Å². The number of aromatic amines is 1. The molecule has 1 aromatic heterocycles. The van der Waals surface area contributed by atoms with Crippen LogP contribution in [0.25, 0.3) is 10.9 Å². The number of hydrogen-bond donors (Lipinski definition) is 1. The van der Waals surface area contributed by atoms with Crippen LogP contribution in [-0.4, -0.2) is 29.4 Å². The van der Waals surface area contributed by atoms with Gasteiger partial charge >= 0.3 is 0 Å². The third kappa shape index (κ3) is 2.54. The Hall–Kier alpha value is -2.75. The van der Waals surface area contributed by atoms with E-state index in [-0.39, 0.29) is 5.91 Å². The Bertz CT molecular complexity index is 883. The van der Waals surface area contributed by atoms with Gasteiger partial charge in [-0.2, -0.15) is 0 Å². The maximum atomic E-state index is 12.6. The zero-order valence-corrected chi connectivity index (χ0v) is 13.7. The Kier molecular flexibility index (Phi) is 3.73. The average Bonchev–Trinajstić information content (AvgIpc) is 3.00. The molecule has 24 heavy (non-hydrogen) atoms. The highest BCUT2D eigenvalue weighted by atomic mass is 16.5. The van der Waals surface area contributed by atoms with Crippen molar-refractivity contribution >= 4 is 16.8 Å². The lowest BCUT2D eigenvalue weighted by Gasteiger charge is -2.27. The van der Waals surface area contributed by atoms with Gasteiger partial charge in [-0.1, -0.05) is 42.5 Å². The van der Waals surface area contributed by atoms with Crippen LogP contribution >= 0.6 is 0 Å². The molecule has 2 heterocycles. The molecular formula is C20H20N2O2. The van der Waals surface area contributed by atoms with Gasteiger partial charge in [0.15, 0.2) is 0 Å². The molecule has 0 unspecified atom stereocenters. The molecule has 0 saturated heterocycles. The Balaban J connectivity index is 1.60. The minimum Gasteiger partial charge on any atom is -0.495 e. The lowest BCUT2D eigenvalue weighted by molar-refractivity contribution is -0.131. The van der Waals surface area contributed by atoms with Crippen LogP contribution in [-0.2, 0) is 24.2 Å². The first-order chi connectivity index (χ1) is 11.8. The number of carbonyl (C=O) groups excluding carboxylic acids is 1. The number of nitrogens with one attached hydrogen (secondary N) is 1. The summed E-state index contributed by atoms with van der Waals surface area (Å²) >= 11 is 0. The predicted octanol–water partition coefficient (Wildman–Crippen LogP) is 3.30. The van der Waals surface area contributed by atoms with Crippen LogP contribution in [0.2, 0.25) is 0 Å². The summed E-state index contributed by atoms with van der Waals surface area (Å²) in [6, 6.07) is 16.0. The Labute approximate surface area is 141 Å². The van der Waals surface area contributed by atoms with Crippen molar-refractivity contribution < 1.29 is 9.53 Å². The van der Waals surface area contributed by atoms with E-state index in [2.05, 4.69) is 11.1 Å². The predicted molar refractivity (Wildman–Crippen MR) is 94.1 cm³/mol. The molecule has 4 rings (SSSR count). The van der Waals surface area contributed by atoms with Gasteiger partial charge in [0.2, 0.25) is 5.91 Å². The summed E-state index contributed by atoms with van der Waals surface area (Å²) < 4.78 is 5.45. The first-order valence-corrected chi connectivity index (χ1v) is 8.24. The van der Waals surface area contributed by atoms with E-state index in [1.165, 1.54) is 11.3 Å². The number of carbonyl (C=O) groups is 1. The van der Waals surface area contributed by atoms with Crippen molar-refractivity contribution in [1.29, 1.82) is 0 Å². The fourth-order valence-corrected chi connectivity index (χ4v) is 3.48. The van der Waals surface area contributed by atoms with E-state index in [9.17, 15) is 4.79 Å². The van der Waals surface area contributed by atoms with E-state index in [0.29, 0.717) is 13.0 Å². The van der Waals surface area contributed by atoms with Crippen molar-refractivity contribution in [2.45, 2.75) is 19.4 Å². The quantitative estimate of drug-likeness (QED) is 0.805. The van der Waals surface area contributed by atoms with E-state index < -0.39 is 0 Å². The first kappa shape index (κ1) is 14.8. The highest BCUT2D eigenvalue weighted by molar-refractivity contribution is 5.90. The largest absolute Gasteiger partial charge is 0.495 e. The molecule has 0 radical (unpaired) electrons. The van der Waals surface area contributed by atoms with Gasteiger partial charge in [-0.05, 0) is 11.6 Å². The van der Waals surface area contributed by atoms with E-state index in [1.807, 2.05) is 47.4 Å². The van der Waals surface area contributed by atoms with E-state index in [0.717, 1.165) is 35.2 Å². The molecule has 4 heteroatoms. The van der Waals surface area contributed by atoms with E-state index >= 15 is 0 Å². The normalized spacial score (nSPS) is 13.8. The van der Waals surface area contributed by atoms with Crippen molar-refractivity contribution in [2.75, 3.05) is 13.7 Å². The van der Waals surface area contributed by atoms with Gasteiger partial charge in [-0.3, -0.25) is 4.79 Å². The van der Waals surface area contributed by atoms with Crippen molar-refractivity contribution in [2.24, 2.45) is 0 Å². The topological polar surface area (TPSA) is 45.3 Å². The van der Waals surface area contributed by atoms with E-state index in [1.54, 1.807) is 7.11 Å². The third-order valence-electron chi connectivity index (χ3n) is 4.74. The summed E-state index contributed by atoms with van der Waals surface area (Å²) in [5.41, 5.74) is 4.53. The zero-order valence-electron chi connectivity index (χ0n) is 13.7. The average molecular weight is 320 g/mol. The van der Waals surface area contributed by atoms with Crippen molar-refractivity contribution in [1.82, 2.24) is 9.88 Å². The molecule has 2 aromatic carbocycles. The maximum Gasteiger partial charge on any atom is 0.227 e. The number of ether oxygens (including phenoxy) is 1. The van der Waals surface area contributed by atoms with Crippen LogP contribution in [0.15, 0.2) is 48.5 Å². The van der Waals surface area contributed by atoms with Crippen LogP contribution in [0.1, 0.15) is 16.8 Å². The Morgan fingerprint density at radius 2 is 2.00 bits per heavy atom. The molecule has 1 amide bonds. The number of nitrogens with zero attached hydrogens (tertiary/aromatic N) is 1. The fraction of sp³-hybridized carbons (Fsp3) is 0.250. The van der Waals surface area contributed by atoms with E-state index in [4.69, 9.17) is 4.74 Å². The zero-order chi connectivity index (χ0) is 16.5. The van der Waals surface area contributed by atoms with Crippen LogP contribution in [0.5, 0.6) is 5.75 Å². The summed E-state index contributed by atoms with van der Waals surface area (Å²) in [6.45, 7) is 1.42. The number of aromatic nitrogens is 1. The van der Waals surface area contributed by atoms with Crippen LogP contribution < -0.4 is 4.74 Å². The van der Waals surface area contributed by atoms with Gasteiger partial charge in [0.1, 0.15) is 5.75 Å². The second kappa shape index (κ2) is 6.04. The summed E-state index contributed by atoms with van der Waals surface area (Å²) in [5.74, 6) is 1.04. The van der Waals surface area contributed by atoms with Crippen molar-refractivity contribution in [3.8, 4) is 5.75 Å². The Morgan fingerprint density at radius 1 is 1.17 bits per heavy atom. The van der Waals surface area contributed by atoms with Gasteiger partial charge < -0.3 is 14.6 Å². The molecule has 122 valence electrons. The summed E-state index contributed by atoms with van der Waals surface area (Å²) in [6.07, 6.45) is 1.32. The third-order valence-corrected chi connectivity index (χ3v) is 4.74. The lowest BCUT2D eigenvalue weighted by Crippen LogP contribution is -2.36. The molecule has 1 aliphatic rings. The van der Waals surface area contributed by atoms with Gasteiger partial charge in [0.05, 0.1) is 19.0 Å². The van der Waals surface area contributed by atoms with Gasteiger partial charge in [-0.15, -0.1) is 0 Å². The summed E-state index contributed by atoms with van der Waals surface area (Å²) in [4.78, 5) is 18.1. The molecule has 0 bridgehead atoms. The molecule has 0 saturated carbocycles. The second-order valence-corrected chi connectivity index (χ2v) is 6.19. The Morgan fingerprint density at radius 3 is 2.79 bits per heavy atom. The highest BCUT2D eigenvalue weighted by Crippen LogP contribution is 2.32. The molecule has 1 N–H and O–H groups in total. The molecule has 0 atom stereocenters. The molecule has 4 nitrogen and oxygen atoms in total. The molecule has 0 spiro atoms. The number of hydrogen-bond acceptors (Lipinski definition) is 2. The summed E-state index contributed by atoms with van der Waals surface area (Å²) in [5, 5.41) is 1.15. The number of amides is 1. The summed E-state index contributed by atoms with van der Waals surface area (Å²) in [7, 11) is 1.68. The number of fused-ring (bicyclic) bond motifs is 3. The lowest BCUT2D eigenvalue weighted by atomic mass is 10.0. The van der Waals surface area contributed by atoms with Crippen molar-refractivity contribution in [3.05, 3.63) is 65.4 Å². The molecule has 0 fully saturated rings. The molecule has 0 aliphatic carbocycles. The maximum absolute atomic E-state index is 12.6. The second-order valence-electron chi connectivity index (χ2n) is 6.19. The number of H-pyrrole nitrogens is 1. The molecule has 3 aromatic rings. The number of para-hydroxylation sites is 1. The first-order valence-electron chi connectivity index (χ1n) is 8.24. The standard InChI is InChI=1S/C20H20N2O2/c1-24-18-9-5-8-15-16-13-22(11-10-17(16)21-20(15)18)19(23)12-14-6-3-2-4-7-14/h2-9,21H,10-13H2,1H3. The van der Waals surface area contributed by atoms with Gasteiger partial charge in [-0.25, -0.2) is 0 Å². The SMILES string of the molecule is COc1cccc2c3c([nH]c12)CCN(C(=O)Cc1ccccc1)C3. The van der Waals surface area contributed by atoms with Crippen LogP contribution in [0, 0.1) is 0 Å². The minimum absolute atomic E-state index is 0.184. The van der Waals surface area contributed by atoms with Crippen LogP contribution in [0.3, 0.4) is 0 Å². The molecule has 1 aliphatic heterocycles.